The van der Waals surface area contributed by atoms with Crippen molar-refractivity contribution in [2.75, 3.05) is 13.7 Å². The summed E-state index contributed by atoms with van der Waals surface area (Å²) in [5.41, 5.74) is -0.890. The number of carbonyl (C=O) groups is 1. The highest BCUT2D eigenvalue weighted by Gasteiger charge is 2.50. The number of benzene rings is 1. The molecule has 1 heterocycles. The summed E-state index contributed by atoms with van der Waals surface area (Å²) in [4.78, 5) is 14.1. The molecule has 2 fully saturated rings. The number of ether oxygens (including phenoxy) is 1. The van der Waals surface area contributed by atoms with Gasteiger partial charge in [0.2, 0.25) is 0 Å². The van der Waals surface area contributed by atoms with Gasteiger partial charge in [-0.25, -0.2) is 0 Å². The van der Waals surface area contributed by atoms with Crippen molar-refractivity contribution in [2.24, 2.45) is 5.92 Å². The Kier molecular flexibility index (Phi) is 4.64. The van der Waals surface area contributed by atoms with Crippen LogP contribution in [0.1, 0.15) is 38.5 Å². The summed E-state index contributed by atoms with van der Waals surface area (Å²) < 4.78 is 5.82. The second-order valence-corrected chi connectivity index (χ2v) is 6.91. The van der Waals surface area contributed by atoms with E-state index in [0.29, 0.717) is 18.1 Å². The molecule has 0 aromatic heterocycles. The van der Waals surface area contributed by atoms with E-state index in [1.807, 2.05) is 0 Å². The number of amides is 1. The van der Waals surface area contributed by atoms with Gasteiger partial charge in [-0.15, -0.1) is 0 Å². The third-order valence-electron chi connectivity index (χ3n) is 5.07. The first-order valence-electron chi connectivity index (χ1n) is 8.57. The Morgan fingerprint density at radius 1 is 1.38 bits per heavy atom. The number of hydrogen-bond acceptors (Lipinski definition) is 4. The van der Waals surface area contributed by atoms with Gasteiger partial charge in [-0.2, -0.15) is 0 Å². The molecule has 6 heteroatoms. The van der Waals surface area contributed by atoms with Crippen LogP contribution >= 0.6 is 0 Å². The van der Waals surface area contributed by atoms with Crippen molar-refractivity contribution in [3.05, 3.63) is 24.3 Å². The van der Waals surface area contributed by atoms with Crippen LogP contribution in [0.5, 0.6) is 11.5 Å². The van der Waals surface area contributed by atoms with Crippen LogP contribution in [-0.4, -0.2) is 41.1 Å². The molecule has 1 aliphatic carbocycles. The van der Waals surface area contributed by atoms with Crippen LogP contribution in [0.3, 0.4) is 0 Å². The Morgan fingerprint density at radius 3 is 2.75 bits per heavy atom. The second-order valence-electron chi connectivity index (χ2n) is 6.91. The zero-order chi connectivity index (χ0) is 17.2. The maximum atomic E-state index is 12.8. The maximum Gasteiger partial charge on any atom is 0.258 e. The highest BCUT2D eigenvalue weighted by Crippen LogP contribution is 2.34. The van der Waals surface area contributed by atoms with Gasteiger partial charge < -0.3 is 15.2 Å². The molecule has 130 valence electrons. The lowest BCUT2D eigenvalue weighted by Crippen LogP contribution is -2.53. The summed E-state index contributed by atoms with van der Waals surface area (Å²) in [5.74, 6) is 1.13. The number of nitrogens with one attached hydrogen (secondary N) is 2. The zero-order valence-electron chi connectivity index (χ0n) is 14.0. The summed E-state index contributed by atoms with van der Waals surface area (Å²) >= 11 is 0. The van der Waals surface area contributed by atoms with Crippen LogP contribution in [0.25, 0.3) is 0 Å². The van der Waals surface area contributed by atoms with Crippen molar-refractivity contribution >= 4 is 11.9 Å². The molecule has 1 saturated carbocycles. The number of hydrogen-bond donors (Lipinski definition) is 3. The normalized spacial score (nSPS) is 25.0. The van der Waals surface area contributed by atoms with Crippen molar-refractivity contribution in [3.63, 3.8) is 0 Å². The van der Waals surface area contributed by atoms with E-state index in [9.17, 15) is 9.90 Å². The lowest BCUT2D eigenvalue weighted by molar-refractivity contribution is -0.132. The molecule has 0 radical (unpaired) electrons. The summed E-state index contributed by atoms with van der Waals surface area (Å²) in [6.07, 6.45) is 6.60. The number of guanidine groups is 1. The molecular formula is C18H25N3O3. The molecule has 24 heavy (non-hydrogen) atoms. The van der Waals surface area contributed by atoms with E-state index < -0.39 is 5.54 Å². The second kappa shape index (κ2) is 6.71. The van der Waals surface area contributed by atoms with Gasteiger partial charge in [-0.05, 0) is 24.5 Å². The topological polar surface area (TPSA) is 85.7 Å². The number of rotatable bonds is 5. The van der Waals surface area contributed by atoms with E-state index in [4.69, 9.17) is 10.1 Å². The van der Waals surface area contributed by atoms with E-state index >= 15 is 0 Å². The Morgan fingerprint density at radius 2 is 2.12 bits per heavy atom. The number of nitrogens with zero attached hydrogens (tertiary/aromatic N) is 1. The number of likely N-dealkylation sites (N-methyl/N-ethyl adjacent to an activating group) is 1. The van der Waals surface area contributed by atoms with E-state index in [1.165, 1.54) is 30.2 Å². The third-order valence-corrected chi connectivity index (χ3v) is 5.07. The van der Waals surface area contributed by atoms with E-state index in [0.717, 1.165) is 12.8 Å². The van der Waals surface area contributed by atoms with Crippen LogP contribution < -0.4 is 10.1 Å². The highest BCUT2D eigenvalue weighted by molar-refractivity contribution is 6.07. The number of carbonyl (C=O) groups excluding carboxylic acids is 1. The van der Waals surface area contributed by atoms with Crippen LogP contribution in [0, 0.1) is 11.3 Å². The SMILES string of the molecule is CN1C(=N)N[C@](COc2cccc(O)c2)(CC2CCCCC2)C1=O. The molecule has 2 aliphatic rings. The minimum absolute atomic E-state index is 0.113. The first-order valence-corrected chi connectivity index (χ1v) is 8.57. The Labute approximate surface area is 142 Å². The first-order chi connectivity index (χ1) is 11.5. The minimum atomic E-state index is -0.890. The highest BCUT2D eigenvalue weighted by atomic mass is 16.5. The summed E-state index contributed by atoms with van der Waals surface area (Å²) in [6.45, 7) is 0.151. The minimum Gasteiger partial charge on any atom is -0.508 e. The molecule has 1 aromatic carbocycles. The largest absolute Gasteiger partial charge is 0.508 e. The monoisotopic (exact) mass is 331 g/mol. The number of phenols is 1. The fraction of sp³-hybridized carbons (Fsp3) is 0.556. The molecule has 1 saturated heterocycles. The Hall–Kier alpha value is -2.24. The average molecular weight is 331 g/mol. The van der Waals surface area contributed by atoms with Crippen molar-refractivity contribution in [1.82, 2.24) is 10.2 Å². The van der Waals surface area contributed by atoms with Gasteiger partial charge in [0.05, 0.1) is 0 Å². The molecule has 1 aliphatic heterocycles. The summed E-state index contributed by atoms with van der Waals surface area (Å²) in [5, 5.41) is 20.6. The molecule has 1 atom stereocenters. The van der Waals surface area contributed by atoms with Gasteiger partial charge in [-0.1, -0.05) is 38.2 Å². The van der Waals surface area contributed by atoms with E-state index in [-0.39, 0.29) is 24.2 Å². The molecule has 6 nitrogen and oxygen atoms in total. The molecule has 0 bridgehead atoms. The third kappa shape index (κ3) is 3.32. The molecule has 1 amide bonds. The predicted octanol–water partition coefficient (Wildman–Crippen LogP) is 2.48. The van der Waals surface area contributed by atoms with Crippen LogP contribution in [0.2, 0.25) is 0 Å². The molecule has 1 aromatic rings. The Bertz CT molecular complexity index is 628. The van der Waals surface area contributed by atoms with Crippen molar-refractivity contribution in [1.29, 1.82) is 5.41 Å². The molecule has 3 N–H and O–H groups in total. The van der Waals surface area contributed by atoms with Crippen LogP contribution in [0.4, 0.5) is 0 Å². The first kappa shape index (κ1) is 16.6. The van der Waals surface area contributed by atoms with Crippen LogP contribution in [-0.2, 0) is 4.79 Å². The Balaban J connectivity index is 1.77. The fourth-order valence-corrected chi connectivity index (χ4v) is 3.75. The van der Waals surface area contributed by atoms with Crippen LogP contribution in [0.15, 0.2) is 24.3 Å². The molecule has 0 unspecified atom stereocenters. The molecule has 0 spiro atoms. The van der Waals surface area contributed by atoms with E-state index in [2.05, 4.69) is 5.32 Å². The summed E-state index contributed by atoms with van der Waals surface area (Å²) in [6, 6.07) is 6.56. The van der Waals surface area contributed by atoms with Gasteiger partial charge in [0, 0.05) is 13.1 Å². The van der Waals surface area contributed by atoms with Gasteiger partial charge in [-0.3, -0.25) is 15.1 Å². The van der Waals surface area contributed by atoms with Crippen molar-refractivity contribution < 1.29 is 14.6 Å². The zero-order valence-corrected chi connectivity index (χ0v) is 14.0. The van der Waals surface area contributed by atoms with Gasteiger partial charge in [0.1, 0.15) is 18.1 Å². The standard InChI is InChI=1S/C18H25N3O3/c1-21-16(23)18(20-17(21)19,11-13-6-3-2-4-7-13)12-24-15-9-5-8-14(22)10-15/h5,8-10,13,22H,2-4,6-7,11-12H2,1H3,(H2,19,20)/t18-/m0/s1. The average Bonchev–Trinajstić information content (AvgIpc) is 2.78. The maximum absolute atomic E-state index is 12.8. The van der Waals surface area contributed by atoms with E-state index in [1.54, 1.807) is 25.2 Å². The quantitative estimate of drug-likeness (QED) is 0.774. The smallest absolute Gasteiger partial charge is 0.258 e. The molecule has 3 rings (SSSR count). The molecular weight excluding hydrogens is 306 g/mol. The summed E-state index contributed by atoms with van der Waals surface area (Å²) in [7, 11) is 1.62. The lowest BCUT2D eigenvalue weighted by Gasteiger charge is -2.32. The van der Waals surface area contributed by atoms with Gasteiger partial charge >= 0.3 is 0 Å². The van der Waals surface area contributed by atoms with Crippen molar-refractivity contribution in [3.8, 4) is 11.5 Å². The number of phenolic OH excluding ortho intramolecular Hbond substituents is 1. The number of aromatic hydroxyl groups is 1. The lowest BCUT2D eigenvalue weighted by atomic mass is 9.79. The van der Waals surface area contributed by atoms with Gasteiger partial charge in [0.25, 0.3) is 5.91 Å². The fourth-order valence-electron chi connectivity index (χ4n) is 3.75. The van der Waals surface area contributed by atoms with Gasteiger partial charge in [0.15, 0.2) is 11.5 Å². The van der Waals surface area contributed by atoms with Crippen molar-refractivity contribution in [2.45, 2.75) is 44.1 Å². The predicted molar refractivity (Wildman–Crippen MR) is 91.2 cm³/mol.